The maximum atomic E-state index is 13.4. The highest BCUT2D eigenvalue weighted by atomic mass is 35.5. The number of amidine groups is 1. The van der Waals surface area contributed by atoms with Crippen LogP contribution in [0.15, 0.2) is 77.8 Å². The molecule has 0 bridgehead atoms. The molecule has 1 aliphatic heterocycles. The molecular weight excluding hydrogens is 477 g/mol. The number of methoxy groups -OCH3 is 1. The number of carbonyl (C=O) groups is 2. The second kappa shape index (κ2) is 10.7. The maximum Gasteiger partial charge on any atom is 0.238 e. The summed E-state index contributed by atoms with van der Waals surface area (Å²) < 4.78 is 18.6. The highest BCUT2D eigenvalue weighted by Crippen LogP contribution is 2.31. The minimum Gasteiger partial charge on any atom is -0.497 e. The van der Waals surface area contributed by atoms with Gasteiger partial charge in [-0.3, -0.25) is 14.5 Å². The Bertz CT molecular complexity index is 1200. The number of ether oxygens (including phenoxy) is 1. The van der Waals surface area contributed by atoms with E-state index in [4.69, 9.17) is 16.3 Å². The Morgan fingerprint density at radius 1 is 1.12 bits per heavy atom. The van der Waals surface area contributed by atoms with Crippen molar-refractivity contribution in [3.05, 3.63) is 89.2 Å². The van der Waals surface area contributed by atoms with Crippen molar-refractivity contribution in [2.45, 2.75) is 18.2 Å². The monoisotopic (exact) mass is 497 g/mol. The van der Waals surface area contributed by atoms with E-state index in [0.717, 1.165) is 5.56 Å². The summed E-state index contributed by atoms with van der Waals surface area (Å²) in [5, 5.41) is 3.08. The fraction of sp³-hybridized carbons (Fsp3) is 0.160. The van der Waals surface area contributed by atoms with Crippen LogP contribution in [0.1, 0.15) is 12.0 Å². The number of thioether (sulfide) groups is 1. The predicted octanol–water partition coefficient (Wildman–Crippen LogP) is 5.65. The molecule has 1 N–H and O–H groups in total. The van der Waals surface area contributed by atoms with E-state index in [1.54, 1.807) is 36.3 Å². The van der Waals surface area contributed by atoms with Crippen LogP contribution in [0.4, 0.5) is 15.8 Å². The van der Waals surface area contributed by atoms with Crippen molar-refractivity contribution in [3.8, 4) is 5.75 Å². The number of hydrogen-bond donors (Lipinski definition) is 1. The van der Waals surface area contributed by atoms with Gasteiger partial charge in [0.2, 0.25) is 11.8 Å². The van der Waals surface area contributed by atoms with Gasteiger partial charge in [0.1, 0.15) is 16.8 Å². The van der Waals surface area contributed by atoms with Crippen molar-refractivity contribution in [1.29, 1.82) is 0 Å². The Hall–Kier alpha value is -3.36. The average Bonchev–Trinajstić information content (AvgIpc) is 2.84. The van der Waals surface area contributed by atoms with Crippen LogP contribution in [0, 0.1) is 5.82 Å². The summed E-state index contributed by atoms with van der Waals surface area (Å²) in [6.07, 6.45) is 0.0165. The van der Waals surface area contributed by atoms with E-state index in [9.17, 15) is 14.0 Å². The lowest BCUT2D eigenvalue weighted by atomic mass is 10.2. The first-order chi connectivity index (χ1) is 16.4. The molecule has 6 nitrogen and oxygen atoms in total. The number of halogens is 2. The van der Waals surface area contributed by atoms with Gasteiger partial charge in [-0.15, -0.1) is 0 Å². The van der Waals surface area contributed by atoms with Crippen LogP contribution >= 0.6 is 23.4 Å². The van der Waals surface area contributed by atoms with Crippen LogP contribution in [-0.4, -0.2) is 34.2 Å². The fourth-order valence-corrected chi connectivity index (χ4v) is 4.52. The van der Waals surface area contributed by atoms with Crippen LogP contribution in [-0.2, 0) is 16.1 Å². The van der Waals surface area contributed by atoms with Crippen LogP contribution in [0.2, 0.25) is 5.02 Å². The molecule has 1 saturated heterocycles. The zero-order valence-electron chi connectivity index (χ0n) is 18.2. The highest BCUT2D eigenvalue weighted by molar-refractivity contribution is 8.15. The summed E-state index contributed by atoms with van der Waals surface area (Å²) in [6, 6.07) is 19.7. The smallest absolute Gasteiger partial charge is 0.238 e. The number of amides is 2. The van der Waals surface area contributed by atoms with E-state index in [-0.39, 0.29) is 30.6 Å². The van der Waals surface area contributed by atoms with E-state index >= 15 is 0 Å². The highest BCUT2D eigenvalue weighted by Gasteiger charge is 2.36. The third-order valence-electron chi connectivity index (χ3n) is 5.09. The number of benzene rings is 3. The van der Waals surface area contributed by atoms with Gasteiger partial charge in [-0.1, -0.05) is 35.5 Å². The van der Waals surface area contributed by atoms with Gasteiger partial charge >= 0.3 is 0 Å². The van der Waals surface area contributed by atoms with Crippen LogP contribution < -0.4 is 10.1 Å². The van der Waals surface area contributed by atoms with Gasteiger partial charge in [-0.25, -0.2) is 9.38 Å². The van der Waals surface area contributed by atoms with Gasteiger partial charge in [0.15, 0.2) is 5.17 Å². The van der Waals surface area contributed by atoms with Gasteiger partial charge in [-0.05, 0) is 66.2 Å². The van der Waals surface area contributed by atoms with Crippen molar-refractivity contribution < 1.29 is 18.7 Å². The summed E-state index contributed by atoms with van der Waals surface area (Å²) in [5.74, 6) is -0.211. The minimum absolute atomic E-state index is 0.0165. The lowest BCUT2D eigenvalue weighted by Crippen LogP contribution is -2.44. The molecule has 174 valence electrons. The SMILES string of the molecule is COc1ccc(CN2C(=O)C[C@H](C(=O)Nc3ccc(Cl)cc3)SC2=Nc2ccc(F)cc2)cc1. The normalized spacial score (nSPS) is 17.0. The number of nitrogens with zero attached hydrogens (tertiary/aromatic N) is 2. The van der Waals surface area contributed by atoms with E-state index in [1.807, 2.05) is 24.3 Å². The number of nitrogens with one attached hydrogen (secondary N) is 1. The van der Waals surface area contributed by atoms with Gasteiger partial charge in [0, 0.05) is 17.1 Å². The maximum absolute atomic E-state index is 13.4. The Kier molecular flexibility index (Phi) is 7.49. The van der Waals surface area contributed by atoms with Gasteiger partial charge < -0.3 is 10.1 Å². The molecule has 0 radical (unpaired) electrons. The second-order valence-corrected chi connectivity index (χ2v) is 9.11. The lowest BCUT2D eigenvalue weighted by molar-refractivity contribution is -0.129. The Labute approximate surface area is 205 Å². The van der Waals surface area contributed by atoms with Crippen molar-refractivity contribution in [2.24, 2.45) is 4.99 Å². The molecule has 1 aliphatic rings. The van der Waals surface area contributed by atoms with Gasteiger partial charge in [0.25, 0.3) is 0 Å². The topological polar surface area (TPSA) is 71.0 Å². The average molecular weight is 498 g/mol. The minimum atomic E-state index is -0.672. The number of carbonyl (C=O) groups excluding carboxylic acids is 2. The van der Waals surface area contributed by atoms with E-state index in [2.05, 4.69) is 10.3 Å². The van der Waals surface area contributed by atoms with Crippen LogP contribution in [0.25, 0.3) is 0 Å². The van der Waals surface area contributed by atoms with Crippen molar-refractivity contribution in [2.75, 3.05) is 12.4 Å². The largest absolute Gasteiger partial charge is 0.497 e. The third-order valence-corrected chi connectivity index (χ3v) is 6.53. The van der Waals surface area contributed by atoms with Crippen LogP contribution in [0.5, 0.6) is 5.75 Å². The fourth-order valence-electron chi connectivity index (χ4n) is 3.29. The molecule has 0 unspecified atom stereocenters. The summed E-state index contributed by atoms with van der Waals surface area (Å²) in [4.78, 5) is 32.2. The Morgan fingerprint density at radius 2 is 1.79 bits per heavy atom. The molecule has 2 amide bonds. The molecule has 3 aromatic carbocycles. The molecule has 0 spiro atoms. The summed E-state index contributed by atoms with van der Waals surface area (Å²) >= 11 is 7.11. The van der Waals surface area contributed by atoms with E-state index in [0.29, 0.717) is 27.3 Å². The molecule has 1 heterocycles. The molecule has 1 atom stereocenters. The summed E-state index contributed by atoms with van der Waals surface area (Å²) in [5.41, 5.74) is 1.95. The number of hydrogen-bond acceptors (Lipinski definition) is 5. The summed E-state index contributed by atoms with van der Waals surface area (Å²) in [6.45, 7) is 0.279. The first-order valence-corrected chi connectivity index (χ1v) is 11.7. The molecule has 34 heavy (non-hydrogen) atoms. The van der Waals surface area contributed by atoms with E-state index < -0.39 is 5.25 Å². The molecule has 9 heteroatoms. The van der Waals surface area contributed by atoms with Crippen LogP contribution in [0.3, 0.4) is 0 Å². The first-order valence-electron chi connectivity index (χ1n) is 10.4. The standard InChI is InChI=1S/C25H21ClFN3O3S/c1-33-21-12-2-16(3-13-21)15-30-23(31)14-22(24(32)28-19-8-4-17(26)5-9-19)34-25(30)29-20-10-6-18(27)7-11-20/h2-13,22H,14-15H2,1H3,(H,28,32)/t22-/m1/s1. The van der Waals surface area contributed by atoms with Crippen molar-refractivity contribution in [3.63, 3.8) is 0 Å². The quantitative estimate of drug-likeness (QED) is 0.478. The van der Waals surface area contributed by atoms with Crippen molar-refractivity contribution in [1.82, 2.24) is 4.90 Å². The zero-order valence-corrected chi connectivity index (χ0v) is 19.8. The van der Waals surface area contributed by atoms with Gasteiger partial charge in [0.05, 0.1) is 19.3 Å². The molecule has 3 aromatic rings. The molecule has 0 saturated carbocycles. The second-order valence-electron chi connectivity index (χ2n) is 7.51. The first kappa shape index (κ1) is 23.8. The summed E-state index contributed by atoms with van der Waals surface area (Å²) in [7, 11) is 1.59. The Balaban J connectivity index is 1.58. The van der Waals surface area contributed by atoms with E-state index in [1.165, 1.54) is 36.0 Å². The Morgan fingerprint density at radius 3 is 2.44 bits per heavy atom. The molecule has 1 fully saturated rings. The number of anilines is 1. The third kappa shape index (κ3) is 5.95. The molecule has 4 rings (SSSR count). The molecule has 0 aliphatic carbocycles. The predicted molar refractivity (Wildman–Crippen MR) is 133 cm³/mol. The number of aliphatic imine (C=N–C) groups is 1. The lowest BCUT2D eigenvalue weighted by Gasteiger charge is -2.32. The molecular formula is C25H21ClFN3O3S. The van der Waals surface area contributed by atoms with Crippen molar-refractivity contribution >= 4 is 51.7 Å². The molecule has 0 aromatic heterocycles. The number of rotatable bonds is 6. The zero-order chi connectivity index (χ0) is 24.1. The van der Waals surface area contributed by atoms with Gasteiger partial charge in [-0.2, -0.15) is 0 Å².